The Bertz CT molecular complexity index is 431. The molecule has 3 aliphatic rings. The molecule has 23 heavy (non-hydrogen) atoms. The van der Waals surface area contributed by atoms with Gasteiger partial charge in [-0.05, 0) is 44.4 Å². The summed E-state index contributed by atoms with van der Waals surface area (Å²) in [6.07, 6.45) is 7.02. The molecule has 0 radical (unpaired) electrons. The van der Waals surface area contributed by atoms with Crippen LogP contribution in [0.3, 0.4) is 0 Å². The van der Waals surface area contributed by atoms with E-state index in [0.717, 1.165) is 45.3 Å². The number of carbonyl (C=O) groups excluding carboxylic acids is 2. The predicted octanol–water partition coefficient (Wildman–Crippen LogP) is 1.60. The maximum atomic E-state index is 12.4. The van der Waals surface area contributed by atoms with Gasteiger partial charge in [0.2, 0.25) is 5.91 Å². The van der Waals surface area contributed by atoms with Gasteiger partial charge >= 0.3 is 6.03 Å². The third-order valence-electron chi connectivity index (χ3n) is 5.40. The molecule has 0 bridgehead atoms. The molecule has 130 valence electrons. The quantitative estimate of drug-likeness (QED) is 0.836. The molecule has 3 amide bonds. The third-order valence-corrected chi connectivity index (χ3v) is 5.40. The molecule has 2 heterocycles. The lowest BCUT2D eigenvalue weighted by molar-refractivity contribution is -0.136. The second-order valence-corrected chi connectivity index (χ2v) is 7.11. The van der Waals surface area contributed by atoms with E-state index in [0.29, 0.717) is 30.9 Å². The smallest absolute Gasteiger partial charge is 0.317 e. The zero-order valence-corrected chi connectivity index (χ0v) is 14.1. The van der Waals surface area contributed by atoms with Gasteiger partial charge in [-0.25, -0.2) is 4.79 Å². The molecular weight excluding hydrogens is 294 g/mol. The average Bonchev–Trinajstić information content (AvgIpc) is 3.40. The number of carbonyl (C=O) groups is 2. The van der Waals surface area contributed by atoms with Gasteiger partial charge in [-0.3, -0.25) is 4.79 Å². The average molecular weight is 323 g/mol. The summed E-state index contributed by atoms with van der Waals surface area (Å²) in [4.78, 5) is 28.4. The Morgan fingerprint density at radius 2 is 1.96 bits per heavy atom. The van der Waals surface area contributed by atoms with Crippen LogP contribution in [0.2, 0.25) is 0 Å². The highest BCUT2D eigenvalue weighted by molar-refractivity contribution is 5.77. The first-order valence-electron chi connectivity index (χ1n) is 9.03. The number of likely N-dealkylation sites (tertiary alicyclic amines) is 2. The molecule has 0 aromatic rings. The van der Waals surface area contributed by atoms with Crippen molar-refractivity contribution in [2.24, 2.45) is 5.92 Å². The lowest BCUT2D eigenvalue weighted by Gasteiger charge is -2.40. The summed E-state index contributed by atoms with van der Waals surface area (Å²) in [5.41, 5.74) is 0. The van der Waals surface area contributed by atoms with Crippen LogP contribution in [0.5, 0.6) is 0 Å². The molecular formula is C17H29N3O3. The van der Waals surface area contributed by atoms with E-state index >= 15 is 0 Å². The summed E-state index contributed by atoms with van der Waals surface area (Å²) >= 11 is 0. The fourth-order valence-electron chi connectivity index (χ4n) is 3.82. The lowest BCUT2D eigenvalue weighted by atomic mass is 9.99. The fourth-order valence-corrected chi connectivity index (χ4v) is 3.82. The molecule has 0 spiro atoms. The number of hydrogen-bond donors (Lipinski definition) is 1. The Balaban J connectivity index is 1.46. The second kappa shape index (κ2) is 7.51. The minimum absolute atomic E-state index is 0.0300. The van der Waals surface area contributed by atoms with Gasteiger partial charge in [-0.1, -0.05) is 0 Å². The number of methoxy groups -OCH3 is 1. The predicted molar refractivity (Wildman–Crippen MR) is 87.1 cm³/mol. The highest BCUT2D eigenvalue weighted by Crippen LogP contribution is 2.33. The number of nitrogens with one attached hydrogen (secondary N) is 1. The zero-order chi connectivity index (χ0) is 16.2. The van der Waals surface area contributed by atoms with Crippen molar-refractivity contribution in [3.8, 4) is 0 Å². The summed E-state index contributed by atoms with van der Waals surface area (Å²) in [7, 11) is 1.68. The molecule has 0 aromatic heterocycles. The van der Waals surface area contributed by atoms with Crippen molar-refractivity contribution in [2.75, 3.05) is 33.4 Å². The lowest BCUT2D eigenvalue weighted by Crippen LogP contribution is -2.53. The molecule has 0 unspecified atom stereocenters. The van der Waals surface area contributed by atoms with Crippen molar-refractivity contribution in [1.29, 1.82) is 0 Å². The monoisotopic (exact) mass is 323 g/mol. The minimum Gasteiger partial charge on any atom is -0.383 e. The zero-order valence-electron chi connectivity index (χ0n) is 14.1. The molecule has 6 nitrogen and oxygen atoms in total. The highest BCUT2D eigenvalue weighted by atomic mass is 16.5. The van der Waals surface area contributed by atoms with Crippen LogP contribution >= 0.6 is 0 Å². The number of nitrogens with zero attached hydrogens (tertiary/aromatic N) is 2. The van der Waals surface area contributed by atoms with Crippen LogP contribution in [-0.4, -0.2) is 67.2 Å². The number of amides is 3. The van der Waals surface area contributed by atoms with Crippen molar-refractivity contribution in [3.05, 3.63) is 0 Å². The van der Waals surface area contributed by atoms with Gasteiger partial charge in [-0.2, -0.15) is 0 Å². The van der Waals surface area contributed by atoms with Crippen molar-refractivity contribution >= 4 is 11.9 Å². The first kappa shape index (κ1) is 16.6. The summed E-state index contributed by atoms with van der Waals surface area (Å²) in [5.74, 6) is 0.885. The molecule has 2 aliphatic heterocycles. The van der Waals surface area contributed by atoms with Crippen molar-refractivity contribution in [1.82, 2.24) is 15.1 Å². The number of rotatable bonds is 5. The number of urea groups is 1. The number of hydrogen-bond acceptors (Lipinski definition) is 3. The van der Waals surface area contributed by atoms with E-state index in [4.69, 9.17) is 4.74 Å². The van der Waals surface area contributed by atoms with Crippen LogP contribution in [0.1, 0.15) is 44.9 Å². The summed E-state index contributed by atoms with van der Waals surface area (Å²) < 4.78 is 5.22. The van der Waals surface area contributed by atoms with Crippen LogP contribution in [0, 0.1) is 5.92 Å². The van der Waals surface area contributed by atoms with Crippen LogP contribution in [-0.2, 0) is 9.53 Å². The Hall–Kier alpha value is -1.30. The molecule has 2 saturated heterocycles. The number of piperidine rings is 2. The largest absolute Gasteiger partial charge is 0.383 e. The van der Waals surface area contributed by atoms with Gasteiger partial charge in [0.05, 0.1) is 12.6 Å². The van der Waals surface area contributed by atoms with Crippen LogP contribution in [0.15, 0.2) is 0 Å². The van der Waals surface area contributed by atoms with Gasteiger partial charge in [-0.15, -0.1) is 0 Å². The van der Waals surface area contributed by atoms with Gasteiger partial charge in [0.1, 0.15) is 0 Å². The summed E-state index contributed by atoms with van der Waals surface area (Å²) in [5, 5.41) is 3.13. The van der Waals surface area contributed by atoms with Crippen LogP contribution in [0.25, 0.3) is 0 Å². The van der Waals surface area contributed by atoms with Gasteiger partial charge in [0, 0.05) is 39.2 Å². The van der Waals surface area contributed by atoms with Crippen LogP contribution in [0.4, 0.5) is 4.79 Å². The second-order valence-electron chi connectivity index (χ2n) is 7.11. The molecule has 0 aromatic carbocycles. The topological polar surface area (TPSA) is 61.9 Å². The minimum atomic E-state index is 0.0300. The normalized spacial score (nSPS) is 24.7. The van der Waals surface area contributed by atoms with E-state index in [1.54, 1.807) is 7.11 Å². The fraction of sp³-hybridized carbons (Fsp3) is 0.882. The molecule has 1 N–H and O–H groups in total. The molecule has 6 heteroatoms. The molecule has 1 saturated carbocycles. The molecule has 3 fully saturated rings. The maximum Gasteiger partial charge on any atom is 0.317 e. The number of ether oxygens (including phenoxy) is 1. The Kier molecular flexibility index (Phi) is 5.41. The Morgan fingerprint density at radius 1 is 1.22 bits per heavy atom. The molecule has 1 atom stereocenters. The van der Waals surface area contributed by atoms with Crippen molar-refractivity contribution in [3.63, 3.8) is 0 Å². The standard InChI is InChI=1S/C17H29N3O3/c1-23-12-15(13-5-6-13)18-17(22)19-10-7-14(8-11-19)20-9-3-2-4-16(20)21/h13-15H,2-12H2,1H3,(H,18,22)/t15-/m0/s1. The van der Waals surface area contributed by atoms with E-state index in [2.05, 4.69) is 10.2 Å². The first-order chi connectivity index (χ1) is 11.2. The van der Waals surface area contributed by atoms with Gasteiger partial charge < -0.3 is 19.9 Å². The molecule has 1 aliphatic carbocycles. The SMILES string of the molecule is COC[C@H](NC(=O)N1CCC(N2CCCCC2=O)CC1)C1CC1. The van der Waals surface area contributed by atoms with Gasteiger partial charge in [0.25, 0.3) is 0 Å². The Morgan fingerprint density at radius 3 is 2.57 bits per heavy atom. The first-order valence-corrected chi connectivity index (χ1v) is 9.03. The van der Waals surface area contributed by atoms with Crippen molar-refractivity contribution in [2.45, 2.75) is 57.0 Å². The van der Waals surface area contributed by atoms with E-state index in [1.807, 2.05) is 4.90 Å². The third kappa shape index (κ3) is 4.16. The Labute approximate surface area is 138 Å². The maximum absolute atomic E-state index is 12.4. The van der Waals surface area contributed by atoms with Gasteiger partial charge in [0.15, 0.2) is 0 Å². The van der Waals surface area contributed by atoms with Crippen molar-refractivity contribution < 1.29 is 14.3 Å². The molecule has 3 rings (SSSR count). The summed E-state index contributed by atoms with van der Waals surface area (Å²) in [6, 6.07) is 0.501. The van der Waals surface area contributed by atoms with E-state index in [-0.39, 0.29) is 12.1 Å². The van der Waals surface area contributed by atoms with E-state index in [9.17, 15) is 9.59 Å². The summed E-state index contributed by atoms with van der Waals surface area (Å²) in [6.45, 7) is 2.97. The van der Waals surface area contributed by atoms with E-state index < -0.39 is 0 Å². The van der Waals surface area contributed by atoms with E-state index in [1.165, 1.54) is 12.8 Å². The highest BCUT2D eigenvalue weighted by Gasteiger charge is 2.35. The van der Waals surface area contributed by atoms with Crippen LogP contribution < -0.4 is 5.32 Å².